The summed E-state index contributed by atoms with van der Waals surface area (Å²) in [5, 5.41) is 0. The molecule has 0 saturated heterocycles. The van der Waals surface area contributed by atoms with Gasteiger partial charge in [-0.15, -0.1) is 0 Å². The predicted octanol–water partition coefficient (Wildman–Crippen LogP) is 4.86. The molecule has 2 fully saturated rings. The summed E-state index contributed by atoms with van der Waals surface area (Å²) < 4.78 is 22.1. The number of hydrogen-bond donors (Lipinski definition) is 0. The molecule has 7 nitrogen and oxygen atoms in total. The Hall–Kier alpha value is -1.89. The third-order valence-electron chi connectivity index (χ3n) is 8.31. The van der Waals surface area contributed by atoms with E-state index in [0.717, 1.165) is 6.42 Å². The highest BCUT2D eigenvalue weighted by atomic mass is 16.6. The normalized spacial score (nSPS) is 32.2. The van der Waals surface area contributed by atoms with Crippen LogP contribution in [0.25, 0.3) is 0 Å². The molecule has 2 saturated carbocycles. The molecule has 5 atom stereocenters. The van der Waals surface area contributed by atoms with Crippen molar-refractivity contribution in [3.63, 3.8) is 0 Å². The molecular formula is C27H44O7. The average molecular weight is 481 g/mol. The van der Waals surface area contributed by atoms with Gasteiger partial charge in [0.05, 0.1) is 23.5 Å². The van der Waals surface area contributed by atoms with Crippen molar-refractivity contribution in [3.8, 4) is 0 Å². The molecule has 7 heteroatoms. The molecule has 0 N–H and O–H groups in total. The summed E-state index contributed by atoms with van der Waals surface area (Å²) in [6, 6.07) is 0. The van der Waals surface area contributed by atoms with E-state index >= 15 is 0 Å². The van der Waals surface area contributed by atoms with E-state index in [2.05, 4.69) is 20.4 Å². The second-order valence-corrected chi connectivity index (χ2v) is 11.7. The Morgan fingerprint density at radius 2 is 1.59 bits per heavy atom. The molecule has 0 spiro atoms. The Kier molecular flexibility index (Phi) is 8.34. The monoisotopic (exact) mass is 480 g/mol. The highest BCUT2D eigenvalue weighted by molar-refractivity contribution is 5.87. The van der Waals surface area contributed by atoms with E-state index in [1.807, 2.05) is 41.5 Å². The molecule has 34 heavy (non-hydrogen) atoms. The zero-order valence-electron chi connectivity index (χ0n) is 22.5. The van der Waals surface area contributed by atoms with E-state index in [4.69, 9.17) is 18.9 Å². The Balaban J connectivity index is 1.98. The van der Waals surface area contributed by atoms with Gasteiger partial charge in [0.2, 0.25) is 0 Å². The second kappa shape index (κ2) is 10.00. The first-order valence-electron chi connectivity index (χ1n) is 12.4. The first kappa shape index (κ1) is 28.3. The maximum atomic E-state index is 13.3. The van der Waals surface area contributed by atoms with E-state index in [1.165, 1.54) is 0 Å². The van der Waals surface area contributed by atoms with Gasteiger partial charge in [-0.05, 0) is 71.6 Å². The van der Waals surface area contributed by atoms with Crippen molar-refractivity contribution in [3.05, 3.63) is 12.2 Å². The largest absolute Gasteiger partial charge is 0.462 e. The van der Waals surface area contributed by atoms with Crippen LogP contribution in [0.4, 0.5) is 0 Å². The topological polar surface area (TPSA) is 88.1 Å². The summed E-state index contributed by atoms with van der Waals surface area (Å²) >= 11 is 0. The number of esters is 3. The van der Waals surface area contributed by atoms with Crippen LogP contribution in [0.3, 0.4) is 0 Å². The van der Waals surface area contributed by atoms with Crippen LogP contribution in [0.15, 0.2) is 12.2 Å². The van der Waals surface area contributed by atoms with E-state index in [9.17, 15) is 14.4 Å². The first-order chi connectivity index (χ1) is 15.5. The van der Waals surface area contributed by atoms with Crippen LogP contribution in [-0.2, 0) is 33.3 Å². The number of carbonyl (C=O) groups is 3. The Morgan fingerprint density at radius 3 is 2.09 bits per heavy atom. The summed E-state index contributed by atoms with van der Waals surface area (Å²) in [5.41, 5.74) is -1.99. The summed E-state index contributed by atoms with van der Waals surface area (Å²) in [6.07, 6.45) is 2.09. The van der Waals surface area contributed by atoms with Gasteiger partial charge < -0.3 is 18.9 Å². The Bertz CT molecular complexity index is 816. The smallest absolute Gasteiger partial charge is 0.333 e. The highest BCUT2D eigenvalue weighted by Gasteiger charge is 2.77. The van der Waals surface area contributed by atoms with Crippen LogP contribution in [0.5, 0.6) is 0 Å². The lowest BCUT2D eigenvalue weighted by Gasteiger charge is -2.30. The number of ether oxygens (including phenoxy) is 4. The molecule has 0 heterocycles. The summed E-state index contributed by atoms with van der Waals surface area (Å²) in [4.78, 5) is 37.8. The van der Waals surface area contributed by atoms with E-state index < -0.39 is 22.4 Å². The number of carbonyl (C=O) groups excluding carboxylic acids is 3. The summed E-state index contributed by atoms with van der Waals surface area (Å²) in [6.45, 7) is 21.4. The van der Waals surface area contributed by atoms with Gasteiger partial charge in [-0.25, -0.2) is 4.79 Å². The standard InChI is InChI=1S/C27H44O7/c1-17(2)21(28)32-13-14-33-22(29)26(10)20(6)25(26,9)16-27(15-19(27)5)23(30)34-24(7,8)11-12-31-18(3)4/h18-20H,1,11-16H2,2-10H3. The molecule has 2 aliphatic rings. The summed E-state index contributed by atoms with van der Waals surface area (Å²) in [7, 11) is 0. The lowest BCUT2D eigenvalue weighted by molar-refractivity contribution is -0.167. The van der Waals surface area contributed by atoms with Crippen molar-refractivity contribution in [2.45, 2.75) is 93.3 Å². The van der Waals surface area contributed by atoms with Gasteiger partial charge in [0, 0.05) is 12.0 Å². The molecule has 0 radical (unpaired) electrons. The van der Waals surface area contributed by atoms with Gasteiger partial charge in [-0.1, -0.05) is 27.4 Å². The van der Waals surface area contributed by atoms with Crippen LogP contribution in [0.2, 0.25) is 0 Å². The van der Waals surface area contributed by atoms with Crippen molar-refractivity contribution >= 4 is 17.9 Å². The lowest BCUT2D eigenvalue weighted by atomic mass is 9.83. The maximum absolute atomic E-state index is 13.3. The Labute approximate surface area is 204 Å². The molecule has 0 aromatic carbocycles. The third kappa shape index (κ3) is 5.67. The maximum Gasteiger partial charge on any atom is 0.333 e. The zero-order chi connectivity index (χ0) is 26.1. The van der Waals surface area contributed by atoms with Gasteiger partial charge in [0.25, 0.3) is 0 Å². The molecule has 0 aromatic rings. The Morgan fingerprint density at radius 1 is 1.03 bits per heavy atom. The molecule has 0 bridgehead atoms. The number of rotatable bonds is 13. The molecular weight excluding hydrogens is 436 g/mol. The quantitative estimate of drug-likeness (QED) is 0.161. The highest BCUT2D eigenvalue weighted by Crippen LogP contribution is 2.76. The molecule has 2 aliphatic carbocycles. The molecule has 5 unspecified atom stereocenters. The van der Waals surface area contributed by atoms with Gasteiger partial charge in [0.15, 0.2) is 0 Å². The van der Waals surface area contributed by atoms with Crippen molar-refractivity contribution in [1.29, 1.82) is 0 Å². The minimum Gasteiger partial charge on any atom is -0.462 e. The van der Waals surface area contributed by atoms with Gasteiger partial charge >= 0.3 is 17.9 Å². The van der Waals surface area contributed by atoms with Crippen LogP contribution in [-0.4, -0.2) is 49.4 Å². The van der Waals surface area contributed by atoms with Gasteiger partial charge in [-0.3, -0.25) is 9.59 Å². The molecule has 194 valence electrons. The minimum absolute atomic E-state index is 0.00747. The third-order valence-corrected chi connectivity index (χ3v) is 8.31. The van der Waals surface area contributed by atoms with E-state index in [-0.39, 0.29) is 48.5 Å². The minimum atomic E-state index is -0.707. The van der Waals surface area contributed by atoms with Crippen LogP contribution < -0.4 is 0 Å². The predicted molar refractivity (Wildman–Crippen MR) is 129 cm³/mol. The van der Waals surface area contributed by atoms with Crippen LogP contribution in [0.1, 0.15) is 81.6 Å². The van der Waals surface area contributed by atoms with Crippen LogP contribution in [0, 0.1) is 28.1 Å². The fourth-order valence-electron chi connectivity index (χ4n) is 5.13. The van der Waals surface area contributed by atoms with Gasteiger partial charge in [0.1, 0.15) is 18.8 Å². The van der Waals surface area contributed by atoms with Crippen molar-refractivity contribution < 1.29 is 33.3 Å². The lowest BCUT2D eigenvalue weighted by Crippen LogP contribution is -2.36. The average Bonchev–Trinajstić information content (AvgIpc) is 3.50. The zero-order valence-corrected chi connectivity index (χ0v) is 22.5. The molecule has 0 aliphatic heterocycles. The molecule has 2 rings (SSSR count). The van der Waals surface area contributed by atoms with Crippen molar-refractivity contribution in [2.24, 2.45) is 28.1 Å². The molecule has 0 amide bonds. The number of hydrogen-bond acceptors (Lipinski definition) is 7. The van der Waals surface area contributed by atoms with Crippen molar-refractivity contribution in [2.75, 3.05) is 19.8 Å². The second-order valence-electron chi connectivity index (χ2n) is 11.7. The molecule has 0 aromatic heterocycles. The van der Waals surface area contributed by atoms with Crippen molar-refractivity contribution in [1.82, 2.24) is 0 Å². The fraction of sp³-hybridized carbons (Fsp3) is 0.815. The van der Waals surface area contributed by atoms with Crippen LogP contribution >= 0.6 is 0 Å². The SMILES string of the molecule is C=C(C)C(=O)OCCOC(=O)C1(C)C(C)C1(C)CC1(C(=O)OC(C)(C)CCOC(C)C)CC1C. The summed E-state index contributed by atoms with van der Waals surface area (Å²) in [5.74, 6) is -0.757. The van der Waals surface area contributed by atoms with E-state index in [0.29, 0.717) is 25.0 Å². The fourth-order valence-corrected chi connectivity index (χ4v) is 5.13. The van der Waals surface area contributed by atoms with E-state index in [1.54, 1.807) is 6.92 Å². The van der Waals surface area contributed by atoms with Gasteiger partial charge in [-0.2, -0.15) is 0 Å². The first-order valence-corrected chi connectivity index (χ1v) is 12.4.